The van der Waals surface area contributed by atoms with E-state index in [-0.39, 0.29) is 0 Å². The van der Waals surface area contributed by atoms with Crippen molar-refractivity contribution in [2.45, 2.75) is 0 Å². The third-order valence-electron chi connectivity index (χ3n) is 3.53. The molecule has 0 radical (unpaired) electrons. The molecule has 5 heteroatoms. The van der Waals surface area contributed by atoms with Gasteiger partial charge in [-0.25, -0.2) is 4.98 Å². The van der Waals surface area contributed by atoms with Gasteiger partial charge in [0.2, 0.25) is 5.88 Å². The summed E-state index contributed by atoms with van der Waals surface area (Å²) in [5, 5.41) is 3.36. The Hall–Kier alpha value is -3.08. The lowest BCUT2D eigenvalue weighted by atomic mass is 10.3. The zero-order valence-electron chi connectivity index (χ0n) is 12.0. The lowest BCUT2D eigenvalue weighted by Gasteiger charge is -2.10. The van der Waals surface area contributed by atoms with Gasteiger partial charge in [-0.3, -0.25) is 4.40 Å². The Morgan fingerprint density at radius 3 is 2.64 bits per heavy atom. The number of rotatable bonds is 3. The Kier molecular flexibility index (Phi) is 2.89. The first-order valence-corrected chi connectivity index (χ1v) is 6.99. The van der Waals surface area contributed by atoms with Crippen LogP contribution in [-0.2, 0) is 0 Å². The van der Waals surface area contributed by atoms with Crippen molar-refractivity contribution in [3.8, 4) is 5.88 Å². The maximum Gasteiger partial charge on any atom is 0.215 e. The van der Waals surface area contributed by atoms with Gasteiger partial charge < -0.3 is 10.1 Å². The van der Waals surface area contributed by atoms with Crippen LogP contribution in [0.3, 0.4) is 0 Å². The first-order valence-electron chi connectivity index (χ1n) is 6.99. The number of ether oxygens (including phenoxy) is 1. The number of aromatic nitrogens is 3. The fraction of sp³-hybridized carbons (Fsp3) is 0.0588. The summed E-state index contributed by atoms with van der Waals surface area (Å²) in [5.74, 6) is 1.38. The maximum absolute atomic E-state index is 5.21. The molecule has 1 aromatic carbocycles. The third-order valence-corrected chi connectivity index (χ3v) is 3.53. The molecule has 22 heavy (non-hydrogen) atoms. The first-order chi connectivity index (χ1) is 10.8. The fourth-order valence-electron chi connectivity index (χ4n) is 2.49. The number of methoxy groups -OCH3 is 1. The van der Waals surface area contributed by atoms with Gasteiger partial charge in [0, 0.05) is 18.0 Å². The Bertz CT molecular complexity index is 947. The minimum absolute atomic E-state index is 0.577. The third kappa shape index (κ3) is 2.03. The summed E-state index contributed by atoms with van der Waals surface area (Å²) in [6, 6.07) is 17.7. The van der Waals surface area contributed by atoms with Crippen molar-refractivity contribution >= 4 is 28.2 Å². The van der Waals surface area contributed by atoms with E-state index < -0.39 is 0 Å². The van der Waals surface area contributed by atoms with E-state index in [2.05, 4.69) is 10.3 Å². The molecule has 0 bridgehead atoms. The number of para-hydroxylation sites is 1. The molecule has 108 valence electrons. The highest BCUT2D eigenvalue weighted by Gasteiger charge is 2.10. The average molecular weight is 290 g/mol. The van der Waals surface area contributed by atoms with Crippen molar-refractivity contribution in [1.29, 1.82) is 0 Å². The van der Waals surface area contributed by atoms with Crippen LogP contribution in [0.25, 0.3) is 16.7 Å². The van der Waals surface area contributed by atoms with Crippen LogP contribution in [0.4, 0.5) is 11.5 Å². The Morgan fingerprint density at radius 1 is 0.955 bits per heavy atom. The fourth-order valence-corrected chi connectivity index (χ4v) is 2.49. The predicted octanol–water partition coefficient (Wildman–Crippen LogP) is 3.63. The second kappa shape index (κ2) is 5.04. The maximum atomic E-state index is 5.21. The van der Waals surface area contributed by atoms with Gasteiger partial charge in [0.15, 0.2) is 11.5 Å². The number of anilines is 2. The van der Waals surface area contributed by atoms with Crippen molar-refractivity contribution in [2.75, 3.05) is 12.4 Å². The highest BCUT2D eigenvalue weighted by atomic mass is 16.5. The van der Waals surface area contributed by atoms with E-state index in [4.69, 9.17) is 9.72 Å². The van der Waals surface area contributed by atoms with Crippen molar-refractivity contribution in [2.24, 2.45) is 0 Å². The van der Waals surface area contributed by atoms with E-state index in [1.807, 2.05) is 65.2 Å². The topological polar surface area (TPSA) is 51.5 Å². The van der Waals surface area contributed by atoms with Crippen LogP contribution in [0, 0.1) is 0 Å². The van der Waals surface area contributed by atoms with Crippen LogP contribution in [0.1, 0.15) is 0 Å². The molecule has 3 aromatic heterocycles. The molecule has 5 nitrogen and oxygen atoms in total. The molecule has 0 spiro atoms. The number of nitrogens with one attached hydrogen (secondary N) is 1. The van der Waals surface area contributed by atoms with Crippen molar-refractivity contribution in [1.82, 2.24) is 14.4 Å². The zero-order valence-corrected chi connectivity index (χ0v) is 12.0. The van der Waals surface area contributed by atoms with Crippen molar-refractivity contribution in [3.05, 3.63) is 60.8 Å². The van der Waals surface area contributed by atoms with Gasteiger partial charge in [-0.15, -0.1) is 0 Å². The Morgan fingerprint density at radius 2 is 1.82 bits per heavy atom. The summed E-state index contributed by atoms with van der Waals surface area (Å²) in [5.41, 5.74) is 3.55. The molecule has 0 saturated heterocycles. The second-order valence-electron chi connectivity index (χ2n) is 4.91. The average Bonchev–Trinajstić information content (AvgIpc) is 3.06. The lowest BCUT2D eigenvalue weighted by molar-refractivity contribution is 0.399. The number of fused-ring (bicyclic) bond motifs is 3. The summed E-state index contributed by atoms with van der Waals surface area (Å²) in [6.07, 6.45) is 1.97. The smallest absolute Gasteiger partial charge is 0.215 e. The molecule has 4 aromatic rings. The van der Waals surface area contributed by atoms with Gasteiger partial charge in [0.1, 0.15) is 5.52 Å². The standard InChI is InChI=1S/C17H14N4O/c1-22-15-10-9-13-17(20-15)21-11-5-8-14(21)16(19-13)18-12-6-3-2-4-7-12/h2-11H,1H3,(H,18,19). The molecule has 0 fully saturated rings. The molecule has 3 heterocycles. The monoisotopic (exact) mass is 290 g/mol. The van der Waals surface area contributed by atoms with E-state index in [1.165, 1.54) is 0 Å². The van der Waals surface area contributed by atoms with Crippen LogP contribution < -0.4 is 10.1 Å². The summed E-state index contributed by atoms with van der Waals surface area (Å²) >= 11 is 0. The molecule has 0 saturated carbocycles. The number of nitrogens with zero attached hydrogens (tertiary/aromatic N) is 3. The number of benzene rings is 1. The summed E-state index contributed by atoms with van der Waals surface area (Å²) in [7, 11) is 1.61. The van der Waals surface area contributed by atoms with Crippen LogP contribution in [0.5, 0.6) is 5.88 Å². The first kappa shape index (κ1) is 12.6. The normalized spacial score (nSPS) is 11.0. The van der Waals surface area contributed by atoms with Crippen molar-refractivity contribution < 1.29 is 4.74 Å². The Labute approximate surface area is 127 Å². The SMILES string of the molecule is COc1ccc2nc(Nc3ccccc3)c3cccn3c2n1. The van der Waals surface area contributed by atoms with Gasteiger partial charge in [0.25, 0.3) is 0 Å². The van der Waals surface area contributed by atoms with E-state index >= 15 is 0 Å². The van der Waals surface area contributed by atoms with Crippen LogP contribution in [-0.4, -0.2) is 21.5 Å². The van der Waals surface area contributed by atoms with Gasteiger partial charge in [0.05, 0.1) is 12.6 Å². The second-order valence-corrected chi connectivity index (χ2v) is 4.91. The summed E-state index contributed by atoms with van der Waals surface area (Å²) in [6.45, 7) is 0. The quantitative estimate of drug-likeness (QED) is 0.626. The molecule has 0 aliphatic carbocycles. The number of hydrogen-bond donors (Lipinski definition) is 1. The van der Waals surface area contributed by atoms with E-state index in [0.29, 0.717) is 5.88 Å². The van der Waals surface area contributed by atoms with Gasteiger partial charge in [-0.1, -0.05) is 18.2 Å². The molecule has 0 atom stereocenters. The highest BCUT2D eigenvalue weighted by Crippen LogP contribution is 2.25. The van der Waals surface area contributed by atoms with E-state index in [1.54, 1.807) is 7.11 Å². The van der Waals surface area contributed by atoms with Crippen molar-refractivity contribution in [3.63, 3.8) is 0 Å². The number of pyridine rings is 1. The Balaban J connectivity index is 1.92. The lowest BCUT2D eigenvalue weighted by Crippen LogP contribution is -2.01. The molecule has 4 rings (SSSR count). The zero-order chi connectivity index (χ0) is 14.9. The minimum Gasteiger partial charge on any atom is -0.481 e. The minimum atomic E-state index is 0.577. The molecule has 0 amide bonds. The number of hydrogen-bond acceptors (Lipinski definition) is 4. The molecular weight excluding hydrogens is 276 g/mol. The highest BCUT2D eigenvalue weighted by molar-refractivity contribution is 5.84. The largest absolute Gasteiger partial charge is 0.481 e. The van der Waals surface area contributed by atoms with Gasteiger partial charge >= 0.3 is 0 Å². The molecule has 0 aliphatic rings. The van der Waals surface area contributed by atoms with E-state index in [9.17, 15) is 0 Å². The summed E-state index contributed by atoms with van der Waals surface area (Å²) in [4.78, 5) is 9.19. The van der Waals surface area contributed by atoms with Gasteiger partial charge in [-0.05, 0) is 30.3 Å². The molecule has 0 unspecified atom stereocenters. The van der Waals surface area contributed by atoms with E-state index in [0.717, 1.165) is 28.2 Å². The van der Waals surface area contributed by atoms with Crippen LogP contribution in [0.15, 0.2) is 60.8 Å². The van der Waals surface area contributed by atoms with Gasteiger partial charge in [-0.2, -0.15) is 4.98 Å². The van der Waals surface area contributed by atoms with Crippen LogP contribution >= 0.6 is 0 Å². The summed E-state index contributed by atoms with van der Waals surface area (Å²) < 4.78 is 7.22. The predicted molar refractivity (Wildman–Crippen MR) is 86.8 cm³/mol. The molecule has 1 N–H and O–H groups in total. The molecular formula is C17H14N4O. The van der Waals surface area contributed by atoms with Crippen LogP contribution in [0.2, 0.25) is 0 Å². The molecule has 0 aliphatic heterocycles.